The monoisotopic (exact) mass is 286 g/mol. The molecule has 5 nitrogen and oxygen atoms in total. The number of nitrogens with one attached hydrogen (secondary N) is 1. The Labute approximate surface area is 115 Å². The minimum atomic E-state index is -2.84. The third-order valence-electron chi connectivity index (χ3n) is 3.08. The number of hydrogen-bond acceptors (Lipinski definition) is 4. The van der Waals surface area contributed by atoms with Gasteiger partial charge in [0, 0.05) is 12.6 Å². The van der Waals surface area contributed by atoms with Gasteiger partial charge in [0.2, 0.25) is 5.91 Å². The topological polar surface area (TPSA) is 73.6 Å². The summed E-state index contributed by atoms with van der Waals surface area (Å²) >= 11 is 0. The molecule has 1 fully saturated rings. The largest absolute Gasteiger partial charge is 0.435 e. The molecule has 1 aromatic rings. The quantitative estimate of drug-likeness (QED) is 0.842. The fourth-order valence-electron chi connectivity index (χ4n) is 1.95. The van der Waals surface area contributed by atoms with Crippen molar-refractivity contribution in [3.8, 4) is 5.75 Å². The highest BCUT2D eigenvalue weighted by atomic mass is 19.3. The third-order valence-corrected chi connectivity index (χ3v) is 3.08. The predicted molar refractivity (Wildman–Crippen MR) is 67.2 cm³/mol. The van der Waals surface area contributed by atoms with Gasteiger partial charge in [0.15, 0.2) is 0 Å². The maximum atomic E-state index is 12.0. The minimum Gasteiger partial charge on any atom is -0.435 e. The summed E-state index contributed by atoms with van der Waals surface area (Å²) in [6.07, 6.45) is 0. The molecule has 2 unspecified atom stereocenters. The number of rotatable bonds is 5. The zero-order valence-corrected chi connectivity index (χ0v) is 10.7. The van der Waals surface area contributed by atoms with E-state index in [-0.39, 0.29) is 23.6 Å². The van der Waals surface area contributed by atoms with E-state index in [1.807, 2.05) is 0 Å². The summed E-state index contributed by atoms with van der Waals surface area (Å²) in [5.74, 6) is -0.416. The lowest BCUT2D eigenvalue weighted by Gasteiger charge is -2.13. The molecule has 2 rings (SSSR count). The molecule has 20 heavy (non-hydrogen) atoms. The average Bonchev–Trinajstić information content (AvgIpc) is 2.83. The molecular formula is C13H16F2N2O3. The van der Waals surface area contributed by atoms with E-state index in [0.717, 1.165) is 5.56 Å². The number of alkyl halides is 2. The smallest absolute Gasteiger partial charge is 0.387 e. The molecule has 1 amide bonds. The van der Waals surface area contributed by atoms with Gasteiger partial charge in [-0.1, -0.05) is 12.1 Å². The summed E-state index contributed by atoms with van der Waals surface area (Å²) in [5, 5.41) is 2.74. The summed E-state index contributed by atoms with van der Waals surface area (Å²) < 4.78 is 33.3. The standard InChI is InChI=1S/C13H16F2N2O3/c14-13(15)20-9-3-1-8(2-4-9)5-17-12(18)10-6-19-7-11(10)16/h1-4,10-11,13H,5-7,16H2,(H,17,18). The Bertz CT molecular complexity index is 453. The molecule has 7 heteroatoms. The molecule has 1 heterocycles. The molecule has 0 spiro atoms. The Morgan fingerprint density at radius 2 is 2.10 bits per heavy atom. The van der Waals surface area contributed by atoms with Crippen molar-refractivity contribution < 1.29 is 23.0 Å². The van der Waals surface area contributed by atoms with Gasteiger partial charge in [-0.25, -0.2) is 0 Å². The fraction of sp³-hybridized carbons (Fsp3) is 0.462. The van der Waals surface area contributed by atoms with Crippen LogP contribution in [-0.4, -0.2) is 31.8 Å². The van der Waals surface area contributed by atoms with Gasteiger partial charge in [-0.3, -0.25) is 4.79 Å². The van der Waals surface area contributed by atoms with Crippen molar-refractivity contribution in [2.75, 3.05) is 13.2 Å². The van der Waals surface area contributed by atoms with Crippen LogP contribution in [0.15, 0.2) is 24.3 Å². The van der Waals surface area contributed by atoms with Crippen LogP contribution < -0.4 is 15.8 Å². The number of benzene rings is 1. The molecule has 1 aliphatic heterocycles. The first kappa shape index (κ1) is 14.7. The zero-order chi connectivity index (χ0) is 14.5. The van der Waals surface area contributed by atoms with Gasteiger partial charge in [-0.15, -0.1) is 0 Å². The van der Waals surface area contributed by atoms with Crippen LogP contribution >= 0.6 is 0 Å². The van der Waals surface area contributed by atoms with E-state index in [4.69, 9.17) is 10.5 Å². The van der Waals surface area contributed by atoms with E-state index in [0.29, 0.717) is 19.8 Å². The van der Waals surface area contributed by atoms with Gasteiger partial charge in [0.05, 0.1) is 19.1 Å². The van der Waals surface area contributed by atoms with E-state index in [2.05, 4.69) is 10.1 Å². The summed E-state index contributed by atoms with van der Waals surface area (Å²) in [6.45, 7) is -1.83. The molecule has 110 valence electrons. The molecular weight excluding hydrogens is 270 g/mol. The van der Waals surface area contributed by atoms with Crippen molar-refractivity contribution in [2.45, 2.75) is 19.2 Å². The van der Waals surface area contributed by atoms with Crippen molar-refractivity contribution in [2.24, 2.45) is 11.7 Å². The summed E-state index contributed by atoms with van der Waals surface area (Å²) in [6, 6.07) is 5.80. The summed E-state index contributed by atoms with van der Waals surface area (Å²) in [4.78, 5) is 11.8. The average molecular weight is 286 g/mol. The second-order valence-corrected chi connectivity index (χ2v) is 4.55. The van der Waals surface area contributed by atoms with Crippen molar-refractivity contribution >= 4 is 5.91 Å². The van der Waals surface area contributed by atoms with Gasteiger partial charge in [-0.05, 0) is 17.7 Å². The zero-order valence-electron chi connectivity index (χ0n) is 10.7. The Morgan fingerprint density at radius 1 is 1.40 bits per heavy atom. The van der Waals surface area contributed by atoms with Crippen molar-refractivity contribution in [1.82, 2.24) is 5.32 Å². The number of hydrogen-bond donors (Lipinski definition) is 2. The molecule has 3 N–H and O–H groups in total. The van der Waals surface area contributed by atoms with Crippen LogP contribution in [-0.2, 0) is 16.1 Å². The van der Waals surface area contributed by atoms with Gasteiger partial charge < -0.3 is 20.5 Å². The van der Waals surface area contributed by atoms with E-state index < -0.39 is 6.61 Å². The van der Waals surface area contributed by atoms with E-state index >= 15 is 0 Å². The SMILES string of the molecule is NC1COCC1C(=O)NCc1ccc(OC(F)F)cc1. The molecule has 0 aromatic heterocycles. The molecule has 0 saturated carbocycles. The molecule has 0 aliphatic carbocycles. The number of ether oxygens (including phenoxy) is 2. The first-order valence-corrected chi connectivity index (χ1v) is 6.21. The van der Waals surface area contributed by atoms with Crippen molar-refractivity contribution in [3.05, 3.63) is 29.8 Å². The fourth-order valence-corrected chi connectivity index (χ4v) is 1.95. The van der Waals surface area contributed by atoms with E-state index in [9.17, 15) is 13.6 Å². The van der Waals surface area contributed by atoms with Crippen LogP contribution in [0.3, 0.4) is 0 Å². The first-order valence-electron chi connectivity index (χ1n) is 6.21. The van der Waals surface area contributed by atoms with Crippen molar-refractivity contribution in [1.29, 1.82) is 0 Å². The Morgan fingerprint density at radius 3 is 2.65 bits per heavy atom. The van der Waals surface area contributed by atoms with Crippen LogP contribution in [0.1, 0.15) is 5.56 Å². The van der Waals surface area contributed by atoms with Crippen LogP contribution in [0.2, 0.25) is 0 Å². The lowest BCUT2D eigenvalue weighted by atomic mass is 10.0. The Balaban J connectivity index is 1.83. The second-order valence-electron chi connectivity index (χ2n) is 4.55. The molecule has 0 bridgehead atoms. The summed E-state index contributed by atoms with van der Waals surface area (Å²) in [7, 11) is 0. The predicted octanol–water partition coefficient (Wildman–Crippen LogP) is 0.878. The normalized spacial score (nSPS) is 22.0. The van der Waals surface area contributed by atoms with Gasteiger partial charge in [-0.2, -0.15) is 8.78 Å². The van der Waals surface area contributed by atoms with Crippen molar-refractivity contribution in [3.63, 3.8) is 0 Å². The molecule has 0 radical (unpaired) electrons. The molecule has 1 aromatic carbocycles. The van der Waals surface area contributed by atoms with Gasteiger partial charge in [0.25, 0.3) is 0 Å². The van der Waals surface area contributed by atoms with Crippen LogP contribution in [0.5, 0.6) is 5.75 Å². The lowest BCUT2D eigenvalue weighted by molar-refractivity contribution is -0.125. The Hall–Kier alpha value is -1.73. The highest BCUT2D eigenvalue weighted by molar-refractivity contribution is 5.79. The molecule has 1 aliphatic rings. The van der Waals surface area contributed by atoms with Gasteiger partial charge in [0.1, 0.15) is 5.75 Å². The van der Waals surface area contributed by atoms with Crippen LogP contribution in [0.25, 0.3) is 0 Å². The first-order chi connectivity index (χ1) is 9.56. The third kappa shape index (κ3) is 3.88. The molecule has 2 atom stereocenters. The van der Waals surface area contributed by atoms with Crippen LogP contribution in [0.4, 0.5) is 8.78 Å². The lowest BCUT2D eigenvalue weighted by Crippen LogP contribution is -2.40. The second kappa shape index (κ2) is 6.62. The van der Waals surface area contributed by atoms with Gasteiger partial charge >= 0.3 is 6.61 Å². The number of carbonyl (C=O) groups excluding carboxylic acids is 1. The number of carbonyl (C=O) groups is 1. The minimum absolute atomic E-state index is 0.0845. The maximum Gasteiger partial charge on any atom is 0.387 e. The summed E-state index contributed by atoms with van der Waals surface area (Å²) in [5.41, 5.74) is 6.53. The highest BCUT2D eigenvalue weighted by Crippen LogP contribution is 2.15. The van der Waals surface area contributed by atoms with E-state index in [1.54, 1.807) is 12.1 Å². The molecule has 1 saturated heterocycles. The Kier molecular flexibility index (Phi) is 4.86. The number of halogens is 2. The van der Waals surface area contributed by atoms with Crippen LogP contribution in [0, 0.1) is 5.92 Å². The number of amides is 1. The van der Waals surface area contributed by atoms with E-state index in [1.165, 1.54) is 12.1 Å². The number of nitrogens with two attached hydrogens (primary N) is 1. The highest BCUT2D eigenvalue weighted by Gasteiger charge is 2.30. The maximum absolute atomic E-state index is 12.0.